The molecule has 1 aliphatic rings. The molecule has 3 nitrogen and oxygen atoms in total. The van der Waals surface area contributed by atoms with E-state index in [9.17, 15) is 4.79 Å². The van der Waals surface area contributed by atoms with Gasteiger partial charge in [-0.25, -0.2) is 0 Å². The van der Waals surface area contributed by atoms with Crippen LogP contribution in [0.5, 0.6) is 0 Å². The standard InChI is InChI=1S/C11H16N2O/c14-11(10-3-5-13-8-10)6-9-2-1-4-12-7-9/h3,5,8-9,12-13H,1-2,4,6-7H2. The smallest absolute Gasteiger partial charge is 0.164 e. The Kier molecular flexibility index (Phi) is 2.99. The van der Waals surface area contributed by atoms with Crippen molar-refractivity contribution in [3.05, 3.63) is 24.0 Å². The fourth-order valence-corrected chi connectivity index (χ4v) is 1.98. The number of ketones is 1. The molecule has 3 heteroatoms. The Morgan fingerprint density at radius 3 is 3.14 bits per heavy atom. The number of H-pyrrole nitrogens is 1. The fraction of sp³-hybridized carbons (Fsp3) is 0.545. The first-order chi connectivity index (χ1) is 6.86. The second-order valence-corrected chi connectivity index (χ2v) is 3.94. The maximum Gasteiger partial charge on any atom is 0.164 e. The van der Waals surface area contributed by atoms with Crippen LogP contribution in [0.15, 0.2) is 18.5 Å². The Balaban J connectivity index is 1.87. The Morgan fingerprint density at radius 2 is 2.50 bits per heavy atom. The van der Waals surface area contributed by atoms with E-state index in [1.807, 2.05) is 6.07 Å². The van der Waals surface area contributed by atoms with Crippen LogP contribution in [-0.4, -0.2) is 23.9 Å². The topological polar surface area (TPSA) is 44.9 Å². The van der Waals surface area contributed by atoms with Crippen LogP contribution >= 0.6 is 0 Å². The normalized spacial score (nSPS) is 22.1. The average molecular weight is 192 g/mol. The Labute approximate surface area is 83.9 Å². The van der Waals surface area contributed by atoms with Crippen molar-refractivity contribution >= 4 is 5.78 Å². The van der Waals surface area contributed by atoms with Crippen LogP contribution in [0.1, 0.15) is 29.6 Å². The molecule has 2 heterocycles. The number of Topliss-reactive ketones (excluding diaryl/α,β-unsaturated/α-hetero) is 1. The molecule has 1 atom stereocenters. The molecular weight excluding hydrogens is 176 g/mol. The summed E-state index contributed by atoms with van der Waals surface area (Å²) in [6.07, 6.45) is 6.64. The summed E-state index contributed by atoms with van der Waals surface area (Å²) in [5.74, 6) is 0.797. The predicted octanol–water partition coefficient (Wildman–Crippen LogP) is 1.59. The Morgan fingerprint density at radius 1 is 1.57 bits per heavy atom. The molecule has 1 fully saturated rings. The SMILES string of the molecule is O=C(CC1CCCNC1)c1cc[nH]c1. The van der Waals surface area contributed by atoms with E-state index in [1.54, 1.807) is 12.4 Å². The summed E-state index contributed by atoms with van der Waals surface area (Å²) in [5, 5.41) is 3.33. The number of carbonyl (C=O) groups excluding carboxylic acids is 1. The molecule has 1 aliphatic heterocycles. The summed E-state index contributed by atoms with van der Waals surface area (Å²) in [6.45, 7) is 2.10. The number of aromatic nitrogens is 1. The summed E-state index contributed by atoms with van der Waals surface area (Å²) < 4.78 is 0. The van der Waals surface area contributed by atoms with Gasteiger partial charge >= 0.3 is 0 Å². The highest BCUT2D eigenvalue weighted by atomic mass is 16.1. The zero-order valence-electron chi connectivity index (χ0n) is 8.25. The van der Waals surface area contributed by atoms with Crippen molar-refractivity contribution in [1.82, 2.24) is 10.3 Å². The number of rotatable bonds is 3. The molecule has 1 saturated heterocycles. The van der Waals surface area contributed by atoms with Crippen LogP contribution in [0.4, 0.5) is 0 Å². The van der Waals surface area contributed by atoms with E-state index < -0.39 is 0 Å². The van der Waals surface area contributed by atoms with Gasteiger partial charge in [-0.15, -0.1) is 0 Å². The Bertz CT molecular complexity index is 286. The third-order valence-electron chi connectivity index (χ3n) is 2.79. The lowest BCUT2D eigenvalue weighted by atomic mass is 9.93. The highest BCUT2D eigenvalue weighted by molar-refractivity contribution is 5.96. The van der Waals surface area contributed by atoms with E-state index in [1.165, 1.54) is 12.8 Å². The number of nitrogens with one attached hydrogen (secondary N) is 2. The molecule has 1 aromatic rings. The number of carbonyl (C=O) groups is 1. The second-order valence-electron chi connectivity index (χ2n) is 3.94. The summed E-state index contributed by atoms with van der Waals surface area (Å²) in [7, 11) is 0. The molecule has 0 aliphatic carbocycles. The van der Waals surface area contributed by atoms with Crippen LogP contribution in [-0.2, 0) is 0 Å². The van der Waals surface area contributed by atoms with E-state index >= 15 is 0 Å². The number of hydrogen-bond acceptors (Lipinski definition) is 2. The van der Waals surface area contributed by atoms with E-state index in [-0.39, 0.29) is 5.78 Å². The highest BCUT2D eigenvalue weighted by Gasteiger charge is 2.17. The average Bonchev–Trinajstić information content (AvgIpc) is 2.72. The zero-order chi connectivity index (χ0) is 9.80. The summed E-state index contributed by atoms with van der Waals surface area (Å²) in [4.78, 5) is 14.6. The van der Waals surface area contributed by atoms with Gasteiger partial charge in [-0.2, -0.15) is 0 Å². The minimum Gasteiger partial charge on any atom is -0.367 e. The zero-order valence-corrected chi connectivity index (χ0v) is 8.25. The molecule has 2 N–H and O–H groups in total. The largest absolute Gasteiger partial charge is 0.367 e. The molecule has 0 amide bonds. The third-order valence-corrected chi connectivity index (χ3v) is 2.79. The van der Waals surface area contributed by atoms with Gasteiger partial charge in [0.25, 0.3) is 0 Å². The Hall–Kier alpha value is -1.09. The van der Waals surface area contributed by atoms with Crippen molar-refractivity contribution in [3.8, 4) is 0 Å². The maximum absolute atomic E-state index is 11.7. The quantitative estimate of drug-likeness (QED) is 0.714. The lowest BCUT2D eigenvalue weighted by Crippen LogP contribution is -2.31. The van der Waals surface area contributed by atoms with Crippen molar-refractivity contribution in [3.63, 3.8) is 0 Å². The lowest BCUT2D eigenvalue weighted by molar-refractivity contribution is 0.0954. The molecule has 1 aromatic heterocycles. The first kappa shape index (κ1) is 9.46. The molecule has 0 spiro atoms. The van der Waals surface area contributed by atoms with Gasteiger partial charge in [-0.3, -0.25) is 4.79 Å². The summed E-state index contributed by atoms with van der Waals surface area (Å²) >= 11 is 0. The monoisotopic (exact) mass is 192 g/mol. The van der Waals surface area contributed by atoms with Gasteiger partial charge in [0.2, 0.25) is 0 Å². The molecule has 0 bridgehead atoms. The molecule has 0 radical (unpaired) electrons. The van der Waals surface area contributed by atoms with Crippen molar-refractivity contribution in [2.24, 2.45) is 5.92 Å². The maximum atomic E-state index is 11.7. The van der Waals surface area contributed by atoms with E-state index in [4.69, 9.17) is 0 Å². The van der Waals surface area contributed by atoms with Crippen LogP contribution in [0.2, 0.25) is 0 Å². The lowest BCUT2D eigenvalue weighted by Gasteiger charge is -2.21. The minimum absolute atomic E-state index is 0.264. The van der Waals surface area contributed by atoms with E-state index in [2.05, 4.69) is 10.3 Å². The van der Waals surface area contributed by atoms with Gasteiger partial charge in [0, 0.05) is 24.4 Å². The molecule has 76 valence electrons. The van der Waals surface area contributed by atoms with Crippen LogP contribution < -0.4 is 5.32 Å². The van der Waals surface area contributed by atoms with Crippen LogP contribution in [0.25, 0.3) is 0 Å². The van der Waals surface area contributed by atoms with Crippen molar-refractivity contribution in [2.45, 2.75) is 19.3 Å². The van der Waals surface area contributed by atoms with Crippen molar-refractivity contribution < 1.29 is 4.79 Å². The van der Waals surface area contributed by atoms with Gasteiger partial charge in [0.1, 0.15) is 0 Å². The molecule has 0 aromatic carbocycles. The summed E-state index contributed by atoms with van der Waals surface area (Å²) in [5.41, 5.74) is 0.815. The third kappa shape index (κ3) is 2.23. The molecule has 1 unspecified atom stereocenters. The van der Waals surface area contributed by atoms with E-state index in [0.717, 1.165) is 18.7 Å². The number of piperidine rings is 1. The first-order valence-corrected chi connectivity index (χ1v) is 5.23. The number of hydrogen-bond donors (Lipinski definition) is 2. The molecule has 2 rings (SSSR count). The van der Waals surface area contributed by atoms with Gasteiger partial charge in [0.15, 0.2) is 5.78 Å². The predicted molar refractivity (Wildman–Crippen MR) is 55.3 cm³/mol. The second kappa shape index (κ2) is 4.42. The molecule has 0 saturated carbocycles. The van der Waals surface area contributed by atoms with Gasteiger partial charge in [0.05, 0.1) is 0 Å². The minimum atomic E-state index is 0.264. The first-order valence-electron chi connectivity index (χ1n) is 5.23. The fourth-order valence-electron chi connectivity index (χ4n) is 1.98. The van der Waals surface area contributed by atoms with E-state index in [0.29, 0.717) is 12.3 Å². The van der Waals surface area contributed by atoms with Gasteiger partial charge < -0.3 is 10.3 Å². The van der Waals surface area contributed by atoms with Crippen molar-refractivity contribution in [1.29, 1.82) is 0 Å². The molecule has 14 heavy (non-hydrogen) atoms. The van der Waals surface area contributed by atoms with Crippen LogP contribution in [0.3, 0.4) is 0 Å². The van der Waals surface area contributed by atoms with Crippen LogP contribution in [0, 0.1) is 5.92 Å². The number of aromatic amines is 1. The van der Waals surface area contributed by atoms with Gasteiger partial charge in [-0.1, -0.05) is 0 Å². The van der Waals surface area contributed by atoms with Crippen molar-refractivity contribution in [2.75, 3.05) is 13.1 Å². The van der Waals surface area contributed by atoms with Gasteiger partial charge in [-0.05, 0) is 37.9 Å². The molecular formula is C11H16N2O. The highest BCUT2D eigenvalue weighted by Crippen LogP contribution is 2.16. The summed E-state index contributed by atoms with van der Waals surface area (Å²) in [6, 6.07) is 1.85.